The van der Waals surface area contributed by atoms with Crippen LogP contribution in [0.15, 0.2) is 36.6 Å². The molecule has 1 unspecified atom stereocenters. The van der Waals surface area contributed by atoms with E-state index >= 15 is 0 Å². The molecule has 0 fully saturated rings. The van der Waals surface area contributed by atoms with Crippen molar-refractivity contribution in [2.45, 2.75) is 18.6 Å². The second kappa shape index (κ2) is 3.56. The van der Waals surface area contributed by atoms with Gasteiger partial charge in [0.05, 0.1) is 6.04 Å². The molecule has 1 aromatic rings. The molecular weight excluding hydrogens is 205 g/mol. The van der Waals surface area contributed by atoms with Crippen LogP contribution in [0.25, 0.3) is 0 Å². The fraction of sp³-hybridized carbons (Fsp3) is 0.300. The van der Waals surface area contributed by atoms with E-state index in [4.69, 9.17) is 0 Å². The summed E-state index contributed by atoms with van der Waals surface area (Å²) in [4.78, 5) is 0. The number of allylic oxidation sites excluding steroid dienone is 4. The fourth-order valence-electron chi connectivity index (χ4n) is 1.55. The Labute approximate surface area is 84.7 Å². The van der Waals surface area contributed by atoms with E-state index in [1.807, 2.05) is 12.2 Å². The molecule has 0 bridgehead atoms. The Morgan fingerprint density at radius 1 is 1.33 bits per heavy atom. The van der Waals surface area contributed by atoms with E-state index in [1.165, 1.54) is 6.20 Å². The molecule has 1 aromatic heterocycles. The van der Waals surface area contributed by atoms with Crippen LogP contribution < -0.4 is 0 Å². The molecule has 1 aliphatic rings. The fourth-order valence-corrected chi connectivity index (χ4v) is 1.55. The van der Waals surface area contributed by atoms with Crippen molar-refractivity contribution in [3.63, 3.8) is 0 Å². The normalized spacial score (nSPS) is 20.9. The van der Waals surface area contributed by atoms with Gasteiger partial charge in [0.15, 0.2) is 0 Å². The molecule has 0 aliphatic heterocycles. The van der Waals surface area contributed by atoms with Gasteiger partial charge in [-0.05, 0) is 12.5 Å². The highest BCUT2D eigenvalue weighted by atomic mass is 19.4. The van der Waals surface area contributed by atoms with Gasteiger partial charge >= 0.3 is 6.18 Å². The standard InChI is InChI=1S/C10H9F3N2/c11-10(12,13)9-6-7-14-15(9)8-4-2-1-3-5-8/h1-4,6-8H,5H2. The van der Waals surface area contributed by atoms with Gasteiger partial charge < -0.3 is 0 Å². The number of hydrogen-bond acceptors (Lipinski definition) is 1. The minimum Gasteiger partial charge on any atom is -0.253 e. The van der Waals surface area contributed by atoms with Gasteiger partial charge in [0, 0.05) is 6.20 Å². The van der Waals surface area contributed by atoms with Crippen LogP contribution in [0.5, 0.6) is 0 Å². The van der Waals surface area contributed by atoms with Gasteiger partial charge in [0.25, 0.3) is 0 Å². The summed E-state index contributed by atoms with van der Waals surface area (Å²) in [7, 11) is 0. The maximum Gasteiger partial charge on any atom is 0.433 e. The van der Waals surface area contributed by atoms with Crippen molar-refractivity contribution in [3.05, 3.63) is 42.3 Å². The zero-order valence-corrected chi connectivity index (χ0v) is 7.78. The molecule has 0 radical (unpaired) electrons. The molecule has 0 saturated carbocycles. The van der Waals surface area contributed by atoms with E-state index in [9.17, 15) is 13.2 Å². The highest BCUT2D eigenvalue weighted by Gasteiger charge is 2.35. The Kier molecular flexibility index (Phi) is 2.38. The quantitative estimate of drug-likeness (QED) is 0.702. The van der Waals surface area contributed by atoms with E-state index in [0.29, 0.717) is 6.42 Å². The van der Waals surface area contributed by atoms with Crippen LogP contribution in [0, 0.1) is 0 Å². The van der Waals surface area contributed by atoms with Gasteiger partial charge in [-0.2, -0.15) is 18.3 Å². The van der Waals surface area contributed by atoms with Crippen LogP contribution in [0.4, 0.5) is 13.2 Å². The van der Waals surface area contributed by atoms with Crippen molar-refractivity contribution in [2.24, 2.45) is 0 Å². The lowest BCUT2D eigenvalue weighted by molar-refractivity contribution is -0.144. The van der Waals surface area contributed by atoms with Gasteiger partial charge in [-0.3, -0.25) is 4.68 Å². The summed E-state index contributed by atoms with van der Waals surface area (Å²) >= 11 is 0. The summed E-state index contributed by atoms with van der Waals surface area (Å²) < 4.78 is 38.6. The van der Waals surface area contributed by atoms with Crippen molar-refractivity contribution in [1.29, 1.82) is 0 Å². The van der Waals surface area contributed by atoms with E-state index in [1.54, 1.807) is 12.2 Å². The van der Waals surface area contributed by atoms with Crippen molar-refractivity contribution in [3.8, 4) is 0 Å². The first-order valence-corrected chi connectivity index (χ1v) is 4.53. The summed E-state index contributed by atoms with van der Waals surface area (Å²) in [6.45, 7) is 0. The first-order valence-electron chi connectivity index (χ1n) is 4.53. The molecule has 5 heteroatoms. The maximum atomic E-state index is 12.5. The van der Waals surface area contributed by atoms with Gasteiger partial charge in [0.1, 0.15) is 5.69 Å². The lowest BCUT2D eigenvalue weighted by Crippen LogP contribution is -2.18. The van der Waals surface area contributed by atoms with Crippen LogP contribution >= 0.6 is 0 Å². The first-order chi connectivity index (χ1) is 7.09. The summed E-state index contributed by atoms with van der Waals surface area (Å²) in [6.07, 6.45) is 4.46. The molecule has 0 saturated heterocycles. The number of alkyl halides is 3. The SMILES string of the molecule is FC(F)(F)c1ccnn1C1C=CC=CC1. The predicted molar refractivity (Wildman–Crippen MR) is 49.2 cm³/mol. The Hall–Kier alpha value is -1.52. The zero-order chi connectivity index (χ0) is 10.9. The zero-order valence-electron chi connectivity index (χ0n) is 7.78. The van der Waals surface area contributed by atoms with Gasteiger partial charge in [-0.1, -0.05) is 24.3 Å². The molecule has 2 nitrogen and oxygen atoms in total. The third kappa shape index (κ3) is 1.95. The van der Waals surface area contributed by atoms with Gasteiger partial charge in [0.2, 0.25) is 0 Å². The number of aromatic nitrogens is 2. The van der Waals surface area contributed by atoms with E-state index in [2.05, 4.69) is 5.10 Å². The van der Waals surface area contributed by atoms with Crippen LogP contribution in [0.2, 0.25) is 0 Å². The van der Waals surface area contributed by atoms with Crippen molar-refractivity contribution >= 4 is 0 Å². The van der Waals surface area contributed by atoms with Crippen LogP contribution in [0.3, 0.4) is 0 Å². The maximum absolute atomic E-state index is 12.5. The molecule has 0 N–H and O–H groups in total. The molecule has 0 aromatic carbocycles. The molecular formula is C10H9F3N2. The monoisotopic (exact) mass is 214 g/mol. The van der Waals surface area contributed by atoms with Gasteiger partial charge in [-0.25, -0.2) is 0 Å². The van der Waals surface area contributed by atoms with Gasteiger partial charge in [-0.15, -0.1) is 0 Å². The number of nitrogens with zero attached hydrogens (tertiary/aromatic N) is 2. The average molecular weight is 214 g/mol. The van der Waals surface area contributed by atoms with E-state index in [0.717, 1.165) is 10.7 Å². The summed E-state index contributed by atoms with van der Waals surface area (Å²) in [5.41, 5.74) is -0.701. The molecule has 1 atom stereocenters. The Morgan fingerprint density at radius 2 is 2.13 bits per heavy atom. The van der Waals surface area contributed by atoms with Crippen molar-refractivity contribution in [2.75, 3.05) is 0 Å². The Balaban J connectivity index is 2.33. The minimum atomic E-state index is -4.34. The highest BCUT2D eigenvalue weighted by Crippen LogP contribution is 2.32. The second-order valence-corrected chi connectivity index (χ2v) is 3.27. The summed E-state index contributed by atoms with van der Waals surface area (Å²) in [6, 6.07) is 0.660. The molecule has 0 spiro atoms. The topological polar surface area (TPSA) is 17.8 Å². The van der Waals surface area contributed by atoms with E-state index in [-0.39, 0.29) is 6.04 Å². The Bertz CT molecular complexity index is 401. The third-order valence-electron chi connectivity index (χ3n) is 2.23. The summed E-state index contributed by atoms with van der Waals surface area (Å²) in [5.74, 6) is 0. The molecule has 1 aliphatic carbocycles. The number of rotatable bonds is 1. The number of halogens is 3. The predicted octanol–water partition coefficient (Wildman–Crippen LogP) is 2.96. The molecule has 0 amide bonds. The van der Waals surface area contributed by atoms with E-state index < -0.39 is 11.9 Å². The second-order valence-electron chi connectivity index (χ2n) is 3.27. The molecule has 80 valence electrons. The minimum absolute atomic E-state index is 0.332. The summed E-state index contributed by atoms with van der Waals surface area (Å²) in [5, 5.41) is 3.72. The van der Waals surface area contributed by atoms with Crippen LogP contribution in [-0.4, -0.2) is 9.78 Å². The first kappa shape index (κ1) is 10.0. The smallest absolute Gasteiger partial charge is 0.253 e. The highest BCUT2D eigenvalue weighted by molar-refractivity contribution is 5.16. The number of hydrogen-bond donors (Lipinski definition) is 0. The van der Waals surface area contributed by atoms with Crippen LogP contribution in [0.1, 0.15) is 18.2 Å². The molecule has 2 rings (SSSR count). The Morgan fingerprint density at radius 3 is 2.73 bits per heavy atom. The lowest BCUT2D eigenvalue weighted by atomic mass is 10.1. The lowest BCUT2D eigenvalue weighted by Gasteiger charge is -2.18. The molecule has 1 heterocycles. The van der Waals surface area contributed by atoms with Crippen LogP contribution in [-0.2, 0) is 6.18 Å². The van der Waals surface area contributed by atoms with Crippen molar-refractivity contribution < 1.29 is 13.2 Å². The van der Waals surface area contributed by atoms with Crippen molar-refractivity contribution in [1.82, 2.24) is 9.78 Å². The average Bonchev–Trinajstić information content (AvgIpc) is 2.67. The molecule has 15 heavy (non-hydrogen) atoms. The third-order valence-corrected chi connectivity index (χ3v) is 2.23. The largest absolute Gasteiger partial charge is 0.433 e.